The predicted molar refractivity (Wildman–Crippen MR) is 81.7 cm³/mol. The fourth-order valence-electron chi connectivity index (χ4n) is 1.62. The Morgan fingerprint density at radius 1 is 1.45 bits per heavy atom. The van der Waals surface area contributed by atoms with Crippen molar-refractivity contribution in [3.05, 3.63) is 36.0 Å². The van der Waals surface area contributed by atoms with Crippen molar-refractivity contribution in [2.24, 2.45) is 17.3 Å². The second-order valence-electron chi connectivity index (χ2n) is 4.02. The highest BCUT2D eigenvalue weighted by atomic mass is 32.1. The number of carbonyl (C=O) groups is 1. The molecule has 0 aliphatic carbocycles. The number of carboxylic acid groups (broad SMARTS) is 1. The third-order valence-corrected chi connectivity index (χ3v) is 2.69. The van der Waals surface area contributed by atoms with Crippen LogP contribution in [0.4, 0.5) is 0 Å². The van der Waals surface area contributed by atoms with Gasteiger partial charge < -0.3 is 27.0 Å². The number of rotatable bonds is 3. The van der Waals surface area contributed by atoms with Crippen molar-refractivity contribution < 1.29 is 9.90 Å². The molecule has 1 aromatic heterocycles. The summed E-state index contributed by atoms with van der Waals surface area (Å²) in [4.78, 5) is 13.7. The average molecular weight is 295 g/mol. The molecule has 1 heterocycles. The Bertz CT molecular complexity index is 598. The molecule has 0 bridgehead atoms. The second-order valence-corrected chi connectivity index (χ2v) is 4.46. The van der Waals surface area contributed by atoms with E-state index in [1.54, 1.807) is 0 Å². The lowest BCUT2D eigenvalue weighted by Crippen LogP contribution is -2.34. The van der Waals surface area contributed by atoms with Crippen molar-refractivity contribution in [3.8, 4) is 0 Å². The van der Waals surface area contributed by atoms with E-state index in [1.807, 2.05) is 35.9 Å². The van der Waals surface area contributed by atoms with Gasteiger partial charge in [-0.25, -0.2) is 5.84 Å². The molecule has 7 nitrogen and oxygen atoms in total. The summed E-state index contributed by atoms with van der Waals surface area (Å²) in [6.07, 6.45) is 2.16. The van der Waals surface area contributed by atoms with E-state index in [2.05, 4.69) is 23.0 Å². The van der Waals surface area contributed by atoms with Gasteiger partial charge in [0.2, 0.25) is 0 Å². The summed E-state index contributed by atoms with van der Waals surface area (Å²) < 4.78 is 0. The number of hydrazine groups is 1. The molecule has 20 heavy (non-hydrogen) atoms. The van der Waals surface area contributed by atoms with Crippen molar-refractivity contribution >= 4 is 34.2 Å². The van der Waals surface area contributed by atoms with E-state index < -0.39 is 12.0 Å². The molecule has 1 aromatic carbocycles. The van der Waals surface area contributed by atoms with Crippen LogP contribution in [-0.4, -0.2) is 27.2 Å². The van der Waals surface area contributed by atoms with Crippen molar-refractivity contribution in [2.45, 2.75) is 12.5 Å². The number of nitrogens with two attached hydrogens (primary N) is 3. The van der Waals surface area contributed by atoms with E-state index >= 15 is 0 Å². The van der Waals surface area contributed by atoms with Gasteiger partial charge in [0.25, 0.3) is 0 Å². The Kier molecular flexibility index (Phi) is 5.91. The first-order valence-electron chi connectivity index (χ1n) is 5.75. The summed E-state index contributed by atoms with van der Waals surface area (Å²) in [5.41, 5.74) is 14.3. The molecule has 0 saturated carbocycles. The molecule has 0 spiro atoms. The highest BCUT2D eigenvalue weighted by molar-refractivity contribution is 7.80. The highest BCUT2D eigenvalue weighted by Gasteiger charge is 2.14. The quantitative estimate of drug-likeness (QED) is 0.262. The van der Waals surface area contributed by atoms with E-state index in [-0.39, 0.29) is 5.11 Å². The van der Waals surface area contributed by atoms with Crippen molar-refractivity contribution in [2.75, 3.05) is 0 Å². The minimum atomic E-state index is -0.972. The first-order chi connectivity index (χ1) is 9.45. The molecule has 108 valence electrons. The van der Waals surface area contributed by atoms with E-state index in [0.29, 0.717) is 6.42 Å². The first-order valence-corrected chi connectivity index (χ1v) is 6.16. The zero-order chi connectivity index (χ0) is 15.1. The maximum atomic E-state index is 10.6. The SMILES string of the molecule is NC(Cc1c[nH]c2ccccc12)C(=O)O.NNC(N)=S. The molecule has 1 unspecified atom stereocenters. The minimum absolute atomic E-state index is 0.116. The fourth-order valence-corrected chi connectivity index (χ4v) is 1.62. The predicted octanol–water partition coefficient (Wildman–Crippen LogP) is -0.184. The lowest BCUT2D eigenvalue weighted by Gasteiger charge is -2.04. The summed E-state index contributed by atoms with van der Waals surface area (Å²) >= 11 is 4.24. The van der Waals surface area contributed by atoms with Gasteiger partial charge in [-0.15, -0.1) is 0 Å². The average Bonchev–Trinajstić information content (AvgIpc) is 2.83. The lowest BCUT2D eigenvalue weighted by atomic mass is 10.1. The summed E-state index contributed by atoms with van der Waals surface area (Å²) in [6, 6.07) is 6.91. The van der Waals surface area contributed by atoms with Crippen LogP contribution in [0.1, 0.15) is 5.56 Å². The Morgan fingerprint density at radius 3 is 2.60 bits per heavy atom. The van der Waals surface area contributed by atoms with Crippen LogP contribution in [0.25, 0.3) is 10.9 Å². The Hall–Kier alpha value is -2.16. The lowest BCUT2D eigenvalue weighted by molar-refractivity contribution is -0.138. The van der Waals surface area contributed by atoms with Gasteiger partial charge in [0, 0.05) is 23.5 Å². The number of hydrogen-bond acceptors (Lipinski definition) is 4. The van der Waals surface area contributed by atoms with Gasteiger partial charge in [0.05, 0.1) is 0 Å². The number of hydrogen-bond donors (Lipinski definition) is 6. The number of aromatic nitrogens is 1. The van der Waals surface area contributed by atoms with Gasteiger partial charge >= 0.3 is 5.97 Å². The maximum absolute atomic E-state index is 10.6. The van der Waals surface area contributed by atoms with Crippen LogP contribution in [0.3, 0.4) is 0 Å². The minimum Gasteiger partial charge on any atom is -0.480 e. The molecule has 0 aliphatic rings. The van der Waals surface area contributed by atoms with Crippen LogP contribution in [-0.2, 0) is 11.2 Å². The van der Waals surface area contributed by atoms with Crippen LogP contribution >= 0.6 is 12.2 Å². The number of benzene rings is 1. The number of para-hydroxylation sites is 1. The largest absolute Gasteiger partial charge is 0.480 e. The van der Waals surface area contributed by atoms with Crippen LogP contribution < -0.4 is 22.7 Å². The molecular weight excluding hydrogens is 278 g/mol. The molecule has 8 heteroatoms. The molecule has 0 radical (unpaired) electrons. The summed E-state index contributed by atoms with van der Waals surface area (Å²) in [5.74, 6) is 3.68. The molecule has 9 N–H and O–H groups in total. The third kappa shape index (κ3) is 4.50. The monoisotopic (exact) mass is 295 g/mol. The smallest absolute Gasteiger partial charge is 0.320 e. The molecular formula is C12H17N5O2S. The van der Waals surface area contributed by atoms with E-state index in [1.165, 1.54) is 0 Å². The molecule has 0 aliphatic heterocycles. The molecule has 0 amide bonds. The zero-order valence-electron chi connectivity index (χ0n) is 10.7. The van der Waals surface area contributed by atoms with Crippen LogP contribution in [0.2, 0.25) is 0 Å². The van der Waals surface area contributed by atoms with Crippen LogP contribution in [0.5, 0.6) is 0 Å². The molecule has 0 fully saturated rings. The van der Waals surface area contributed by atoms with Gasteiger partial charge in [-0.05, 0) is 23.8 Å². The van der Waals surface area contributed by atoms with Gasteiger partial charge in [0.1, 0.15) is 6.04 Å². The summed E-state index contributed by atoms with van der Waals surface area (Å²) in [7, 11) is 0. The zero-order valence-corrected chi connectivity index (χ0v) is 11.5. The van der Waals surface area contributed by atoms with Gasteiger partial charge in [-0.1, -0.05) is 18.2 Å². The molecule has 1 atom stereocenters. The normalized spacial score (nSPS) is 11.3. The summed E-state index contributed by atoms with van der Waals surface area (Å²) in [5, 5.41) is 9.87. The Labute approximate surface area is 121 Å². The van der Waals surface area contributed by atoms with E-state index in [9.17, 15) is 4.79 Å². The highest BCUT2D eigenvalue weighted by Crippen LogP contribution is 2.18. The standard InChI is InChI=1S/C11H12N2O2.CH5N3S/c12-9(11(14)15)5-7-6-13-10-4-2-1-3-8(7)10;2-1(5)4-3/h1-4,6,9,13H,5,12H2,(H,14,15);3H2,(H3,2,4,5). The fraction of sp³-hybridized carbons (Fsp3) is 0.167. The molecule has 2 aromatic rings. The van der Waals surface area contributed by atoms with Crippen LogP contribution in [0.15, 0.2) is 30.5 Å². The topological polar surface area (TPSA) is 143 Å². The maximum Gasteiger partial charge on any atom is 0.320 e. The summed E-state index contributed by atoms with van der Waals surface area (Å²) in [6.45, 7) is 0. The Balaban J connectivity index is 0.000000347. The number of carboxylic acids is 1. The van der Waals surface area contributed by atoms with Crippen LogP contribution in [0, 0.1) is 0 Å². The van der Waals surface area contributed by atoms with Crippen molar-refractivity contribution in [3.63, 3.8) is 0 Å². The molecule has 2 rings (SSSR count). The second kappa shape index (κ2) is 7.43. The van der Waals surface area contributed by atoms with Gasteiger partial charge in [-0.3, -0.25) is 4.79 Å². The number of aromatic amines is 1. The number of H-pyrrole nitrogens is 1. The van der Waals surface area contributed by atoms with Gasteiger partial charge in [-0.2, -0.15) is 0 Å². The first kappa shape index (κ1) is 15.9. The van der Waals surface area contributed by atoms with E-state index in [0.717, 1.165) is 16.5 Å². The van der Waals surface area contributed by atoms with E-state index in [4.69, 9.17) is 16.6 Å². The molecule has 0 saturated heterocycles. The Morgan fingerprint density at radius 2 is 2.05 bits per heavy atom. The van der Waals surface area contributed by atoms with Crippen molar-refractivity contribution in [1.82, 2.24) is 10.4 Å². The number of nitrogens with one attached hydrogen (secondary N) is 2. The number of aliphatic carboxylic acids is 1. The number of thiocarbonyl (C=S) groups is 1. The third-order valence-electron chi connectivity index (χ3n) is 2.57. The number of fused-ring (bicyclic) bond motifs is 1. The van der Waals surface area contributed by atoms with Crippen molar-refractivity contribution in [1.29, 1.82) is 0 Å². The van der Waals surface area contributed by atoms with Gasteiger partial charge in [0.15, 0.2) is 5.11 Å².